The van der Waals surface area contributed by atoms with Gasteiger partial charge in [-0.25, -0.2) is 0 Å². The van der Waals surface area contributed by atoms with E-state index in [1.165, 1.54) is 11.0 Å². The zero-order chi connectivity index (χ0) is 13.7. The average Bonchev–Trinajstić information content (AvgIpc) is 2.12. The Bertz CT molecular complexity index is 335. The quantitative estimate of drug-likeness (QED) is 0.284. The van der Waals surface area contributed by atoms with Gasteiger partial charge in [-0.15, -0.1) is 0 Å². The third-order valence-corrected chi connectivity index (χ3v) is 3.00. The Morgan fingerprint density at radius 2 is 1.53 bits per heavy atom. The van der Waals surface area contributed by atoms with Crippen molar-refractivity contribution in [3.8, 4) is 0 Å². The van der Waals surface area contributed by atoms with Gasteiger partial charge in [0.2, 0.25) is 0 Å². The molecule has 0 unspecified atom stereocenters. The summed E-state index contributed by atoms with van der Waals surface area (Å²) < 4.78 is 0.115. The number of hydrogen-bond acceptors (Lipinski definition) is 0. The van der Waals surface area contributed by atoms with Crippen molar-refractivity contribution in [2.75, 3.05) is 0 Å². The third-order valence-electron chi connectivity index (χ3n) is 2.38. The summed E-state index contributed by atoms with van der Waals surface area (Å²) in [5.41, 5.74) is 2.52. The predicted molar refractivity (Wildman–Crippen MR) is 91.5 cm³/mol. The molecule has 0 saturated heterocycles. The minimum absolute atomic E-state index is 0.115. The maximum atomic E-state index is 3.89. The smallest absolute Gasteiger partial charge is 0.0996 e. The minimum atomic E-state index is 0.115. The Hall–Kier alpha value is -0.245. The summed E-state index contributed by atoms with van der Waals surface area (Å²) in [6.45, 7) is 18.9. The van der Waals surface area contributed by atoms with Crippen LogP contribution < -0.4 is 0 Å². The van der Waals surface area contributed by atoms with Crippen LogP contribution in [0.1, 0.15) is 34.6 Å². The van der Waals surface area contributed by atoms with Crippen molar-refractivity contribution in [3.05, 3.63) is 48.5 Å². The van der Waals surface area contributed by atoms with Gasteiger partial charge in [0.25, 0.3) is 0 Å². The first-order valence-corrected chi connectivity index (χ1v) is 7.03. The predicted octanol–water partition coefficient (Wildman–Crippen LogP) is 5.04. The van der Waals surface area contributed by atoms with Crippen LogP contribution in [-0.4, -0.2) is 10.7 Å². The first kappa shape index (κ1) is 16.8. The molecule has 0 rings (SSSR count). The van der Waals surface area contributed by atoms with Gasteiger partial charge in [0.15, 0.2) is 7.28 Å². The van der Waals surface area contributed by atoms with E-state index in [1.54, 1.807) is 0 Å². The lowest BCUT2D eigenvalue weighted by atomic mass is 9.50. The molecule has 0 heterocycles. The highest BCUT2D eigenvalue weighted by atomic mass is 127. The Balaban J connectivity index is 5.04. The van der Waals surface area contributed by atoms with Crippen LogP contribution in [0.2, 0.25) is 5.31 Å². The summed E-state index contributed by atoms with van der Waals surface area (Å²) in [4.78, 5) is 0. The highest BCUT2D eigenvalue weighted by molar-refractivity contribution is 14.1. The highest BCUT2D eigenvalue weighted by Gasteiger charge is 2.16. The fraction of sp³-hybridized carbons (Fsp3) is 0.467. The highest BCUT2D eigenvalue weighted by Crippen LogP contribution is 2.28. The van der Waals surface area contributed by atoms with Crippen LogP contribution in [0.15, 0.2) is 48.5 Å². The maximum Gasteiger partial charge on any atom is 0.163 e. The Morgan fingerprint density at radius 3 is 1.82 bits per heavy atom. The SMILES string of the molecule is C=C/C(BC(C)(C)C)=C\C=C(/C=C)C(C)(C)I. The first-order valence-electron chi connectivity index (χ1n) is 5.95. The van der Waals surface area contributed by atoms with Gasteiger partial charge < -0.3 is 0 Å². The molecule has 0 amide bonds. The van der Waals surface area contributed by atoms with E-state index in [0.29, 0.717) is 5.31 Å². The maximum absolute atomic E-state index is 3.89. The summed E-state index contributed by atoms with van der Waals surface area (Å²) in [5.74, 6) is 0. The van der Waals surface area contributed by atoms with E-state index in [9.17, 15) is 0 Å². The molecule has 17 heavy (non-hydrogen) atoms. The van der Waals surface area contributed by atoms with E-state index < -0.39 is 0 Å². The average molecular weight is 342 g/mol. The molecule has 0 radical (unpaired) electrons. The lowest BCUT2D eigenvalue weighted by molar-refractivity contribution is 0.757. The Morgan fingerprint density at radius 1 is 1.00 bits per heavy atom. The molecule has 0 aromatic rings. The van der Waals surface area contributed by atoms with E-state index >= 15 is 0 Å². The third kappa shape index (κ3) is 7.64. The second-order valence-electron chi connectivity index (χ2n) is 5.98. The molecule has 0 aliphatic heterocycles. The van der Waals surface area contributed by atoms with Gasteiger partial charge in [-0.1, -0.05) is 91.6 Å². The van der Waals surface area contributed by atoms with Crippen molar-refractivity contribution in [3.63, 3.8) is 0 Å². The lowest BCUT2D eigenvalue weighted by Gasteiger charge is -2.18. The molecule has 0 saturated carbocycles. The van der Waals surface area contributed by atoms with Crippen LogP contribution in [0.25, 0.3) is 0 Å². The van der Waals surface area contributed by atoms with Gasteiger partial charge >= 0.3 is 0 Å². The van der Waals surface area contributed by atoms with E-state index in [2.05, 4.69) is 82.5 Å². The first-order chi connectivity index (χ1) is 7.60. The topological polar surface area (TPSA) is 0 Å². The molecule has 0 fully saturated rings. The molecule has 0 aromatic heterocycles. The van der Waals surface area contributed by atoms with Crippen molar-refractivity contribution in [2.45, 2.75) is 43.4 Å². The molecule has 2 heteroatoms. The van der Waals surface area contributed by atoms with Gasteiger partial charge in [0.1, 0.15) is 0 Å². The standard InChI is InChI=1S/C15H24BI/c1-8-12(15(6,7)17)10-11-13(9-2)16-14(3,4)5/h8-11,16H,1-2H2,3-7H3/b12-10+,13-11+. The number of halogens is 1. The van der Waals surface area contributed by atoms with Crippen molar-refractivity contribution in [1.82, 2.24) is 0 Å². The molecule has 0 aliphatic rings. The van der Waals surface area contributed by atoms with Crippen molar-refractivity contribution in [1.29, 1.82) is 0 Å². The van der Waals surface area contributed by atoms with E-state index in [1.807, 2.05) is 12.2 Å². The zero-order valence-electron chi connectivity index (χ0n) is 11.8. The molecule has 0 N–H and O–H groups in total. The van der Waals surface area contributed by atoms with Crippen LogP contribution >= 0.6 is 22.6 Å². The Kier molecular flexibility index (Phi) is 6.53. The fourth-order valence-electron chi connectivity index (χ4n) is 1.52. The molecular weight excluding hydrogens is 318 g/mol. The van der Waals surface area contributed by atoms with Crippen molar-refractivity contribution < 1.29 is 0 Å². The molecule has 0 aliphatic carbocycles. The van der Waals surface area contributed by atoms with Gasteiger partial charge in [-0.05, 0) is 19.4 Å². The second kappa shape index (κ2) is 6.62. The summed E-state index contributed by atoms with van der Waals surface area (Å²) in [6, 6.07) is 0. The van der Waals surface area contributed by atoms with Crippen LogP contribution in [0.5, 0.6) is 0 Å². The van der Waals surface area contributed by atoms with Crippen molar-refractivity contribution >= 4 is 29.9 Å². The van der Waals surface area contributed by atoms with Crippen LogP contribution in [-0.2, 0) is 0 Å². The molecular formula is C15H24BI. The van der Waals surface area contributed by atoms with Crippen LogP contribution in [0.4, 0.5) is 0 Å². The number of hydrogen-bond donors (Lipinski definition) is 0. The largest absolute Gasteiger partial charge is 0.163 e. The van der Waals surface area contributed by atoms with Gasteiger partial charge in [0.05, 0.1) is 0 Å². The fourth-order valence-corrected chi connectivity index (χ4v) is 1.92. The van der Waals surface area contributed by atoms with Crippen LogP contribution in [0.3, 0.4) is 0 Å². The van der Waals surface area contributed by atoms with Crippen LogP contribution in [0, 0.1) is 0 Å². The minimum Gasteiger partial charge on any atom is -0.0996 e. The Labute approximate surface area is 121 Å². The molecule has 0 nitrogen and oxygen atoms in total. The molecule has 0 spiro atoms. The van der Waals surface area contributed by atoms with E-state index in [-0.39, 0.29) is 3.42 Å². The molecule has 0 atom stereocenters. The summed E-state index contributed by atoms with van der Waals surface area (Å²) in [7, 11) is 1.04. The zero-order valence-corrected chi connectivity index (χ0v) is 14.0. The second-order valence-corrected chi connectivity index (χ2v) is 8.68. The number of allylic oxidation sites excluding steroid dienone is 6. The molecule has 0 aromatic carbocycles. The monoisotopic (exact) mass is 342 g/mol. The van der Waals surface area contributed by atoms with Gasteiger partial charge in [-0.3, -0.25) is 0 Å². The number of rotatable bonds is 5. The van der Waals surface area contributed by atoms with E-state index in [4.69, 9.17) is 0 Å². The summed E-state index contributed by atoms with van der Waals surface area (Å²) in [5, 5.41) is 0.294. The van der Waals surface area contributed by atoms with Gasteiger partial charge in [-0.2, -0.15) is 0 Å². The van der Waals surface area contributed by atoms with Crippen molar-refractivity contribution in [2.24, 2.45) is 0 Å². The lowest BCUT2D eigenvalue weighted by Crippen LogP contribution is -2.12. The summed E-state index contributed by atoms with van der Waals surface area (Å²) in [6.07, 6.45) is 8.20. The van der Waals surface area contributed by atoms with E-state index in [0.717, 1.165) is 7.28 Å². The normalized spacial score (nSPS) is 14.5. The molecule has 94 valence electrons. The number of alkyl halides is 1. The molecule has 0 bridgehead atoms. The summed E-state index contributed by atoms with van der Waals surface area (Å²) >= 11 is 2.43. The van der Waals surface area contributed by atoms with Gasteiger partial charge in [0, 0.05) is 3.42 Å².